The van der Waals surface area contributed by atoms with Crippen LogP contribution in [0.4, 0.5) is 0 Å². The highest BCUT2D eigenvalue weighted by Crippen LogP contribution is 2.22. The average molecular weight is 290 g/mol. The third kappa shape index (κ3) is 3.12. The molecule has 1 aromatic heterocycles. The van der Waals surface area contributed by atoms with Gasteiger partial charge in [-0.1, -0.05) is 0 Å². The average Bonchev–Trinajstić information content (AvgIpc) is 3.09. The molecule has 0 N–H and O–H groups in total. The molecule has 0 radical (unpaired) electrons. The molecule has 114 valence electrons. The fourth-order valence-electron chi connectivity index (χ4n) is 3.30. The smallest absolute Gasteiger partial charge is 0.257 e. The first kappa shape index (κ1) is 14.2. The second kappa shape index (κ2) is 6.33. The van der Waals surface area contributed by atoms with Crippen LogP contribution in [0.15, 0.2) is 23.0 Å². The van der Waals surface area contributed by atoms with E-state index in [0.717, 1.165) is 45.3 Å². The highest BCUT2D eigenvalue weighted by Gasteiger charge is 2.32. The normalized spacial score (nSPS) is 23.1. The van der Waals surface area contributed by atoms with Gasteiger partial charge in [-0.25, -0.2) is 0 Å². The molecule has 0 aliphatic carbocycles. The predicted octanol–water partition coefficient (Wildman–Crippen LogP) is 2.14. The summed E-state index contributed by atoms with van der Waals surface area (Å²) in [6.45, 7) is 3.03. The minimum atomic E-state index is -0.0345. The van der Waals surface area contributed by atoms with Crippen LogP contribution >= 0.6 is 0 Å². The molecule has 3 rings (SSSR count). The molecule has 1 atom stereocenters. The van der Waals surface area contributed by atoms with Crippen LogP contribution in [0.2, 0.25) is 0 Å². The Balaban J connectivity index is 1.62. The Bertz CT molecular complexity index is 492. The van der Waals surface area contributed by atoms with Crippen molar-refractivity contribution in [3.63, 3.8) is 0 Å². The summed E-state index contributed by atoms with van der Waals surface area (Å²) in [5.41, 5.74) is 0.570. The number of piperidine rings is 2. The third-order valence-corrected chi connectivity index (χ3v) is 4.49. The van der Waals surface area contributed by atoms with E-state index in [0.29, 0.717) is 12.1 Å². The van der Waals surface area contributed by atoms with Crippen molar-refractivity contribution in [2.24, 2.45) is 5.92 Å². The molecule has 2 fully saturated rings. The Hall–Kier alpha value is -1.78. The van der Waals surface area contributed by atoms with Gasteiger partial charge in [0.25, 0.3) is 5.91 Å². The lowest BCUT2D eigenvalue weighted by Crippen LogP contribution is -2.47. The number of hydrogen-bond acceptors (Lipinski definition) is 3. The molecule has 2 saturated heterocycles. The predicted molar refractivity (Wildman–Crippen MR) is 77.8 cm³/mol. The fraction of sp³-hybridized carbons (Fsp3) is 0.625. The van der Waals surface area contributed by atoms with E-state index in [2.05, 4.69) is 0 Å². The van der Waals surface area contributed by atoms with Gasteiger partial charge >= 0.3 is 0 Å². The minimum absolute atomic E-state index is 0.0279. The number of carbonyl (C=O) groups is 2. The van der Waals surface area contributed by atoms with Crippen LogP contribution in [0.5, 0.6) is 0 Å². The van der Waals surface area contributed by atoms with Gasteiger partial charge < -0.3 is 14.2 Å². The van der Waals surface area contributed by atoms with Crippen LogP contribution in [-0.2, 0) is 4.79 Å². The number of amides is 2. The first-order valence-corrected chi connectivity index (χ1v) is 7.86. The highest BCUT2D eigenvalue weighted by molar-refractivity contribution is 5.94. The van der Waals surface area contributed by atoms with E-state index < -0.39 is 0 Å². The minimum Gasteiger partial charge on any atom is -0.472 e. The summed E-state index contributed by atoms with van der Waals surface area (Å²) in [7, 11) is 0. The summed E-state index contributed by atoms with van der Waals surface area (Å²) in [5, 5.41) is 0. The largest absolute Gasteiger partial charge is 0.472 e. The van der Waals surface area contributed by atoms with Gasteiger partial charge in [-0.15, -0.1) is 0 Å². The Morgan fingerprint density at radius 1 is 1.05 bits per heavy atom. The van der Waals surface area contributed by atoms with Gasteiger partial charge in [0.1, 0.15) is 6.26 Å². The van der Waals surface area contributed by atoms with Crippen LogP contribution in [0.1, 0.15) is 42.5 Å². The fourth-order valence-corrected chi connectivity index (χ4v) is 3.30. The molecule has 5 nitrogen and oxygen atoms in total. The van der Waals surface area contributed by atoms with E-state index in [4.69, 9.17) is 4.42 Å². The molecule has 21 heavy (non-hydrogen) atoms. The Kier molecular flexibility index (Phi) is 4.27. The van der Waals surface area contributed by atoms with E-state index in [1.807, 2.05) is 4.90 Å². The topological polar surface area (TPSA) is 53.8 Å². The first-order valence-electron chi connectivity index (χ1n) is 7.86. The van der Waals surface area contributed by atoms with Gasteiger partial charge in [0.2, 0.25) is 5.91 Å². The monoisotopic (exact) mass is 290 g/mol. The van der Waals surface area contributed by atoms with E-state index in [9.17, 15) is 9.59 Å². The van der Waals surface area contributed by atoms with Crippen LogP contribution < -0.4 is 0 Å². The summed E-state index contributed by atoms with van der Waals surface area (Å²) in [6, 6.07) is 1.68. The maximum atomic E-state index is 12.6. The Morgan fingerprint density at radius 2 is 1.81 bits per heavy atom. The number of hydrogen-bond donors (Lipinski definition) is 0. The molecule has 0 saturated carbocycles. The molecule has 1 unspecified atom stereocenters. The lowest BCUT2D eigenvalue weighted by Gasteiger charge is -2.36. The zero-order chi connectivity index (χ0) is 14.7. The lowest BCUT2D eigenvalue weighted by atomic mass is 9.95. The number of nitrogens with zero attached hydrogens (tertiary/aromatic N) is 2. The third-order valence-electron chi connectivity index (χ3n) is 4.49. The molecule has 2 aliphatic heterocycles. The SMILES string of the molecule is O=C(c1ccoc1)N1CCCC(C(=O)N2CCCCC2)C1. The van der Waals surface area contributed by atoms with Gasteiger partial charge in [-0.3, -0.25) is 9.59 Å². The second-order valence-electron chi connectivity index (χ2n) is 5.99. The van der Waals surface area contributed by atoms with Gasteiger partial charge in [-0.05, 0) is 38.2 Å². The van der Waals surface area contributed by atoms with Gasteiger partial charge in [-0.2, -0.15) is 0 Å². The van der Waals surface area contributed by atoms with E-state index in [1.54, 1.807) is 11.0 Å². The van der Waals surface area contributed by atoms with Gasteiger partial charge in [0, 0.05) is 26.2 Å². The standard InChI is InChI=1S/C16H22N2O3/c19-15(17-7-2-1-3-8-17)13-5-4-9-18(11-13)16(20)14-6-10-21-12-14/h6,10,12-13H,1-5,7-9,11H2. The number of rotatable bonds is 2. The van der Waals surface area contributed by atoms with Crippen molar-refractivity contribution in [3.05, 3.63) is 24.2 Å². The van der Waals surface area contributed by atoms with E-state index >= 15 is 0 Å². The summed E-state index contributed by atoms with van der Waals surface area (Å²) in [6.07, 6.45) is 8.20. The zero-order valence-electron chi connectivity index (χ0n) is 12.3. The molecule has 5 heteroatoms. The van der Waals surface area contributed by atoms with Gasteiger partial charge in [0.15, 0.2) is 0 Å². The molecule has 2 aliphatic rings. The van der Waals surface area contributed by atoms with Crippen LogP contribution in [0.25, 0.3) is 0 Å². The molecule has 3 heterocycles. The summed E-state index contributed by atoms with van der Waals surface area (Å²) in [4.78, 5) is 28.7. The van der Waals surface area contributed by atoms with E-state index in [1.165, 1.54) is 18.9 Å². The summed E-state index contributed by atoms with van der Waals surface area (Å²) >= 11 is 0. The molecule has 1 aromatic rings. The van der Waals surface area contributed by atoms with Crippen molar-refractivity contribution in [3.8, 4) is 0 Å². The lowest BCUT2D eigenvalue weighted by molar-refractivity contribution is -0.137. The van der Waals surface area contributed by atoms with Gasteiger partial charge in [0.05, 0.1) is 17.7 Å². The first-order chi connectivity index (χ1) is 10.3. The number of carbonyl (C=O) groups excluding carboxylic acids is 2. The van der Waals surface area contributed by atoms with E-state index in [-0.39, 0.29) is 17.7 Å². The molecule has 2 amide bonds. The van der Waals surface area contributed by atoms with Crippen molar-refractivity contribution in [2.75, 3.05) is 26.2 Å². The van der Waals surface area contributed by atoms with Crippen molar-refractivity contribution >= 4 is 11.8 Å². The highest BCUT2D eigenvalue weighted by atomic mass is 16.3. The number of likely N-dealkylation sites (tertiary alicyclic amines) is 2. The molecular formula is C16H22N2O3. The molecule has 0 bridgehead atoms. The molecule has 0 spiro atoms. The second-order valence-corrected chi connectivity index (χ2v) is 5.99. The zero-order valence-corrected chi connectivity index (χ0v) is 12.3. The Labute approximate surface area is 124 Å². The van der Waals surface area contributed by atoms with Crippen LogP contribution in [-0.4, -0.2) is 47.8 Å². The summed E-state index contributed by atoms with van der Waals surface area (Å²) < 4.78 is 4.97. The van der Waals surface area contributed by atoms with Crippen LogP contribution in [0, 0.1) is 5.92 Å². The van der Waals surface area contributed by atoms with Crippen molar-refractivity contribution in [1.82, 2.24) is 9.80 Å². The maximum Gasteiger partial charge on any atom is 0.257 e. The molecular weight excluding hydrogens is 268 g/mol. The van der Waals surface area contributed by atoms with Crippen molar-refractivity contribution < 1.29 is 14.0 Å². The quantitative estimate of drug-likeness (QED) is 0.838. The Morgan fingerprint density at radius 3 is 2.52 bits per heavy atom. The van der Waals surface area contributed by atoms with Crippen molar-refractivity contribution in [2.45, 2.75) is 32.1 Å². The molecule has 0 aromatic carbocycles. The van der Waals surface area contributed by atoms with Crippen molar-refractivity contribution in [1.29, 1.82) is 0 Å². The maximum absolute atomic E-state index is 12.6. The summed E-state index contributed by atoms with van der Waals surface area (Å²) in [5.74, 6) is 0.173. The van der Waals surface area contributed by atoms with Crippen LogP contribution in [0.3, 0.4) is 0 Å². The number of furan rings is 1.